The second-order valence-electron chi connectivity index (χ2n) is 9.56. The fourth-order valence-corrected chi connectivity index (χ4v) is 5.45. The van der Waals surface area contributed by atoms with E-state index in [1.807, 2.05) is 20.2 Å². The SMILES string of the molecule is CN(C)[C@]1(c2cccc(F)c2)CC[C@]2(CC1)CN(CCC(=O)O)C(=O)N2CC1CC1. The molecule has 1 N–H and O–H groups in total. The molecular formula is C23H32FN3O3. The Labute approximate surface area is 177 Å². The van der Waals surface area contributed by atoms with Gasteiger partial charge in [-0.05, 0) is 76.2 Å². The van der Waals surface area contributed by atoms with Crippen molar-refractivity contribution in [2.24, 2.45) is 5.92 Å². The summed E-state index contributed by atoms with van der Waals surface area (Å²) in [6.45, 7) is 1.63. The molecule has 1 saturated heterocycles. The summed E-state index contributed by atoms with van der Waals surface area (Å²) in [5.74, 6) is -0.520. The number of hydrogen-bond acceptors (Lipinski definition) is 3. The molecule has 164 valence electrons. The molecule has 3 fully saturated rings. The summed E-state index contributed by atoms with van der Waals surface area (Å²) in [5.41, 5.74) is 0.490. The Morgan fingerprint density at radius 1 is 1.23 bits per heavy atom. The summed E-state index contributed by atoms with van der Waals surface area (Å²) in [5, 5.41) is 9.07. The van der Waals surface area contributed by atoms with E-state index in [0.717, 1.165) is 37.8 Å². The summed E-state index contributed by atoms with van der Waals surface area (Å²) in [7, 11) is 4.09. The van der Waals surface area contributed by atoms with Crippen LogP contribution in [-0.2, 0) is 10.3 Å². The molecule has 7 heteroatoms. The van der Waals surface area contributed by atoms with Crippen LogP contribution in [0.3, 0.4) is 0 Å². The highest BCUT2D eigenvalue weighted by Crippen LogP contribution is 2.50. The van der Waals surface area contributed by atoms with Crippen molar-refractivity contribution >= 4 is 12.0 Å². The molecule has 2 aliphatic carbocycles. The van der Waals surface area contributed by atoms with E-state index in [9.17, 15) is 14.0 Å². The van der Waals surface area contributed by atoms with Crippen molar-refractivity contribution in [3.63, 3.8) is 0 Å². The average Bonchev–Trinajstić information content (AvgIpc) is 3.49. The predicted octanol–water partition coefficient (Wildman–Crippen LogP) is 3.52. The van der Waals surface area contributed by atoms with Crippen LogP contribution in [0.15, 0.2) is 24.3 Å². The third-order valence-corrected chi connectivity index (χ3v) is 7.52. The number of rotatable bonds is 7. The van der Waals surface area contributed by atoms with Crippen LogP contribution in [-0.4, -0.2) is 71.1 Å². The first-order chi connectivity index (χ1) is 14.3. The lowest BCUT2D eigenvalue weighted by atomic mass is 9.68. The van der Waals surface area contributed by atoms with Crippen molar-refractivity contribution in [1.29, 1.82) is 0 Å². The monoisotopic (exact) mass is 417 g/mol. The van der Waals surface area contributed by atoms with Gasteiger partial charge in [0.15, 0.2) is 0 Å². The lowest BCUT2D eigenvalue weighted by molar-refractivity contribution is -0.137. The van der Waals surface area contributed by atoms with Gasteiger partial charge in [0.2, 0.25) is 0 Å². The zero-order chi connectivity index (χ0) is 21.5. The molecule has 4 rings (SSSR count). The standard InChI is InChI=1S/C23H32FN3O3/c1-25(2)23(18-4-3-5-19(24)14-18)11-9-22(10-12-23)16-26(13-8-20(28)29)21(30)27(22)15-17-6-7-17/h3-5,14,17H,6-13,15-16H2,1-2H3,(H,28,29)/t22-,23+. The average molecular weight is 418 g/mol. The molecular weight excluding hydrogens is 385 g/mol. The largest absolute Gasteiger partial charge is 0.481 e. The summed E-state index contributed by atoms with van der Waals surface area (Å²) in [6.07, 6.45) is 5.66. The number of nitrogens with zero attached hydrogens (tertiary/aromatic N) is 3. The zero-order valence-electron chi connectivity index (χ0n) is 17.9. The van der Waals surface area contributed by atoms with Gasteiger partial charge in [0.05, 0.1) is 12.0 Å². The number of amides is 2. The minimum absolute atomic E-state index is 0.00809. The summed E-state index contributed by atoms with van der Waals surface area (Å²) in [6, 6.07) is 6.88. The minimum atomic E-state index is -0.876. The highest BCUT2D eigenvalue weighted by atomic mass is 19.1. The Balaban J connectivity index is 1.57. The maximum absolute atomic E-state index is 14.0. The molecule has 0 bridgehead atoms. The van der Waals surface area contributed by atoms with Gasteiger partial charge >= 0.3 is 12.0 Å². The van der Waals surface area contributed by atoms with Gasteiger partial charge in [-0.3, -0.25) is 9.69 Å². The predicted molar refractivity (Wildman–Crippen MR) is 112 cm³/mol. The molecule has 0 atom stereocenters. The van der Waals surface area contributed by atoms with Crippen LogP contribution in [0.4, 0.5) is 9.18 Å². The maximum atomic E-state index is 14.0. The quantitative estimate of drug-likeness (QED) is 0.737. The van der Waals surface area contributed by atoms with Crippen LogP contribution < -0.4 is 0 Å². The van der Waals surface area contributed by atoms with Crippen molar-refractivity contribution in [2.75, 3.05) is 33.7 Å². The van der Waals surface area contributed by atoms with E-state index in [1.54, 1.807) is 17.0 Å². The smallest absolute Gasteiger partial charge is 0.320 e. The Morgan fingerprint density at radius 3 is 2.50 bits per heavy atom. The molecule has 1 heterocycles. The second kappa shape index (κ2) is 7.84. The molecule has 1 aromatic rings. The Morgan fingerprint density at radius 2 is 1.93 bits per heavy atom. The zero-order valence-corrected chi connectivity index (χ0v) is 17.9. The first kappa shape index (κ1) is 21.1. The Hall–Kier alpha value is -2.15. The fourth-order valence-electron chi connectivity index (χ4n) is 5.45. The molecule has 2 amide bonds. The first-order valence-corrected chi connectivity index (χ1v) is 11.0. The van der Waals surface area contributed by atoms with Crippen LogP contribution in [0.5, 0.6) is 0 Å². The van der Waals surface area contributed by atoms with E-state index in [0.29, 0.717) is 12.5 Å². The number of halogens is 1. The van der Waals surface area contributed by atoms with E-state index < -0.39 is 5.97 Å². The van der Waals surface area contributed by atoms with Crippen molar-refractivity contribution in [1.82, 2.24) is 14.7 Å². The normalized spacial score (nSPS) is 29.3. The van der Waals surface area contributed by atoms with Gasteiger partial charge in [0.25, 0.3) is 0 Å². The van der Waals surface area contributed by atoms with E-state index in [-0.39, 0.29) is 35.9 Å². The van der Waals surface area contributed by atoms with Crippen molar-refractivity contribution < 1.29 is 19.1 Å². The second-order valence-corrected chi connectivity index (χ2v) is 9.56. The maximum Gasteiger partial charge on any atom is 0.320 e. The topological polar surface area (TPSA) is 64.1 Å². The molecule has 3 aliphatic rings. The van der Waals surface area contributed by atoms with Crippen LogP contribution in [0.25, 0.3) is 0 Å². The lowest BCUT2D eigenvalue weighted by Crippen LogP contribution is -2.55. The highest BCUT2D eigenvalue weighted by molar-refractivity contribution is 5.79. The Bertz CT molecular complexity index is 816. The third-order valence-electron chi connectivity index (χ3n) is 7.52. The van der Waals surface area contributed by atoms with E-state index in [1.165, 1.54) is 18.9 Å². The number of carbonyl (C=O) groups is 2. The van der Waals surface area contributed by atoms with Gasteiger partial charge in [-0.25, -0.2) is 9.18 Å². The van der Waals surface area contributed by atoms with E-state index >= 15 is 0 Å². The Kier molecular flexibility index (Phi) is 5.51. The fraction of sp³-hybridized carbons (Fsp3) is 0.652. The highest BCUT2D eigenvalue weighted by Gasteiger charge is 2.55. The first-order valence-electron chi connectivity index (χ1n) is 11.0. The number of carboxylic acid groups (broad SMARTS) is 1. The lowest BCUT2D eigenvalue weighted by Gasteiger charge is -2.51. The van der Waals surface area contributed by atoms with Gasteiger partial charge < -0.3 is 14.9 Å². The van der Waals surface area contributed by atoms with Gasteiger partial charge in [-0.1, -0.05) is 12.1 Å². The molecule has 2 saturated carbocycles. The number of hydrogen-bond donors (Lipinski definition) is 1. The van der Waals surface area contributed by atoms with Gasteiger partial charge in [0.1, 0.15) is 5.82 Å². The number of urea groups is 1. The number of aliphatic carboxylic acids is 1. The van der Waals surface area contributed by atoms with Crippen LogP contribution in [0, 0.1) is 11.7 Å². The number of benzene rings is 1. The molecule has 0 unspecified atom stereocenters. The number of carbonyl (C=O) groups excluding carboxylic acids is 1. The van der Waals surface area contributed by atoms with Crippen molar-refractivity contribution in [3.05, 3.63) is 35.6 Å². The van der Waals surface area contributed by atoms with E-state index in [4.69, 9.17) is 5.11 Å². The van der Waals surface area contributed by atoms with Crippen LogP contribution >= 0.6 is 0 Å². The van der Waals surface area contributed by atoms with Gasteiger partial charge in [0, 0.05) is 25.2 Å². The van der Waals surface area contributed by atoms with E-state index in [2.05, 4.69) is 9.80 Å². The summed E-state index contributed by atoms with van der Waals surface area (Å²) >= 11 is 0. The minimum Gasteiger partial charge on any atom is -0.481 e. The molecule has 1 aliphatic heterocycles. The summed E-state index contributed by atoms with van der Waals surface area (Å²) < 4.78 is 14.0. The third kappa shape index (κ3) is 3.80. The van der Waals surface area contributed by atoms with Crippen molar-refractivity contribution in [2.45, 2.75) is 56.0 Å². The molecule has 0 aromatic heterocycles. The molecule has 6 nitrogen and oxygen atoms in total. The molecule has 0 radical (unpaired) electrons. The number of carboxylic acids is 1. The van der Waals surface area contributed by atoms with Gasteiger partial charge in [-0.2, -0.15) is 0 Å². The van der Waals surface area contributed by atoms with Crippen molar-refractivity contribution in [3.8, 4) is 0 Å². The van der Waals surface area contributed by atoms with Gasteiger partial charge in [-0.15, -0.1) is 0 Å². The van der Waals surface area contributed by atoms with Crippen LogP contribution in [0.1, 0.15) is 50.5 Å². The molecule has 30 heavy (non-hydrogen) atoms. The summed E-state index contributed by atoms with van der Waals surface area (Å²) in [4.78, 5) is 30.2. The molecule has 1 spiro atoms. The molecule has 1 aromatic carbocycles. The van der Waals surface area contributed by atoms with Crippen LogP contribution in [0.2, 0.25) is 0 Å².